The zero-order chi connectivity index (χ0) is 12.4. The Labute approximate surface area is 109 Å². The first-order valence-electron chi connectivity index (χ1n) is 5.67. The summed E-state index contributed by atoms with van der Waals surface area (Å²) in [5.74, 6) is 0.0687. The van der Waals surface area contributed by atoms with Crippen LogP contribution >= 0.6 is 15.9 Å². The summed E-state index contributed by atoms with van der Waals surface area (Å²) in [6.45, 7) is 3.87. The minimum Gasteiger partial charge on any atom is -0.358 e. The Balaban J connectivity index is 2.39. The molecule has 0 aromatic heterocycles. The maximum Gasteiger partial charge on any atom is 0.242 e. The Morgan fingerprint density at radius 3 is 3.06 bits per heavy atom. The molecule has 1 atom stereocenters. The summed E-state index contributed by atoms with van der Waals surface area (Å²) in [5.41, 5.74) is 7.88. The van der Waals surface area contributed by atoms with E-state index in [2.05, 4.69) is 26.1 Å². The van der Waals surface area contributed by atoms with Crippen molar-refractivity contribution in [1.82, 2.24) is 5.32 Å². The number of nitrogens with two attached hydrogens (primary N) is 1. The van der Waals surface area contributed by atoms with E-state index in [9.17, 15) is 4.79 Å². The number of rotatable bonds is 2. The number of carbonyl (C=O) groups excluding carboxylic acids is 1. The minimum absolute atomic E-state index is 0.0687. The Hall–Kier alpha value is -1.07. The second-order valence-corrected chi connectivity index (χ2v) is 4.96. The van der Waals surface area contributed by atoms with Crippen molar-refractivity contribution in [2.75, 3.05) is 18.0 Å². The molecular formula is C12H16BrN3O. The molecule has 0 spiro atoms. The summed E-state index contributed by atoms with van der Waals surface area (Å²) >= 11 is 3.50. The van der Waals surface area contributed by atoms with Gasteiger partial charge in [0.25, 0.3) is 0 Å². The van der Waals surface area contributed by atoms with Crippen LogP contribution in [0.2, 0.25) is 0 Å². The van der Waals surface area contributed by atoms with Crippen LogP contribution in [0.4, 0.5) is 5.69 Å². The highest BCUT2D eigenvalue weighted by Gasteiger charge is 2.27. The molecule has 1 amide bonds. The smallest absolute Gasteiger partial charge is 0.242 e. The lowest BCUT2D eigenvalue weighted by atomic mass is 10.1. The number of hydrogen-bond donors (Lipinski definition) is 2. The fourth-order valence-electron chi connectivity index (χ4n) is 2.13. The van der Waals surface area contributed by atoms with Gasteiger partial charge >= 0.3 is 0 Å². The van der Waals surface area contributed by atoms with Gasteiger partial charge in [-0.3, -0.25) is 4.79 Å². The third-order valence-corrected chi connectivity index (χ3v) is 3.85. The van der Waals surface area contributed by atoms with Crippen LogP contribution in [-0.4, -0.2) is 25.0 Å². The normalized spacial score (nSPS) is 20.3. The van der Waals surface area contributed by atoms with Crippen molar-refractivity contribution in [3.63, 3.8) is 0 Å². The highest BCUT2D eigenvalue weighted by molar-refractivity contribution is 9.10. The monoisotopic (exact) mass is 297 g/mol. The van der Waals surface area contributed by atoms with E-state index >= 15 is 0 Å². The summed E-state index contributed by atoms with van der Waals surface area (Å²) in [6.07, 6.45) is 0. The SMILES string of the molecule is CC1C(=O)NCCN1c1cccc(Br)c1CN. The first-order chi connectivity index (χ1) is 8.15. The van der Waals surface area contributed by atoms with Crippen LogP contribution in [0.1, 0.15) is 12.5 Å². The summed E-state index contributed by atoms with van der Waals surface area (Å²) in [5, 5.41) is 2.86. The maximum atomic E-state index is 11.7. The second kappa shape index (κ2) is 5.06. The lowest BCUT2D eigenvalue weighted by Crippen LogP contribution is -2.54. The van der Waals surface area contributed by atoms with E-state index in [0.29, 0.717) is 13.1 Å². The van der Waals surface area contributed by atoms with Crippen molar-refractivity contribution in [3.05, 3.63) is 28.2 Å². The zero-order valence-corrected chi connectivity index (χ0v) is 11.3. The number of hydrogen-bond acceptors (Lipinski definition) is 3. The largest absolute Gasteiger partial charge is 0.358 e. The summed E-state index contributed by atoms with van der Waals surface area (Å²) in [7, 11) is 0. The molecule has 1 saturated heterocycles. The van der Waals surface area contributed by atoms with Crippen molar-refractivity contribution in [3.8, 4) is 0 Å². The van der Waals surface area contributed by atoms with Gasteiger partial charge in [-0.15, -0.1) is 0 Å². The fraction of sp³-hybridized carbons (Fsp3) is 0.417. The Morgan fingerprint density at radius 2 is 2.35 bits per heavy atom. The van der Waals surface area contributed by atoms with E-state index < -0.39 is 0 Å². The van der Waals surface area contributed by atoms with Gasteiger partial charge in [-0.1, -0.05) is 22.0 Å². The van der Waals surface area contributed by atoms with Crippen LogP contribution in [-0.2, 0) is 11.3 Å². The van der Waals surface area contributed by atoms with E-state index in [0.717, 1.165) is 22.3 Å². The van der Waals surface area contributed by atoms with Gasteiger partial charge in [-0.05, 0) is 19.1 Å². The number of amides is 1. The molecule has 17 heavy (non-hydrogen) atoms. The predicted molar refractivity (Wildman–Crippen MR) is 71.9 cm³/mol. The van der Waals surface area contributed by atoms with Crippen molar-refractivity contribution < 1.29 is 4.79 Å². The number of carbonyl (C=O) groups is 1. The van der Waals surface area contributed by atoms with E-state index in [1.165, 1.54) is 0 Å². The Bertz CT molecular complexity index is 436. The summed E-state index contributed by atoms with van der Waals surface area (Å²) in [4.78, 5) is 13.8. The quantitative estimate of drug-likeness (QED) is 0.863. The molecule has 92 valence electrons. The molecule has 1 heterocycles. The van der Waals surface area contributed by atoms with Gasteiger partial charge in [0.2, 0.25) is 5.91 Å². The van der Waals surface area contributed by atoms with Crippen LogP contribution in [0.3, 0.4) is 0 Å². The Kier molecular flexibility index (Phi) is 3.69. The number of nitrogens with zero attached hydrogens (tertiary/aromatic N) is 1. The summed E-state index contributed by atoms with van der Waals surface area (Å²) in [6, 6.07) is 5.81. The van der Waals surface area contributed by atoms with E-state index in [1.54, 1.807) is 0 Å². The standard InChI is InChI=1S/C12H16BrN3O/c1-8-12(17)15-5-6-16(8)11-4-2-3-10(13)9(11)7-14/h2-4,8H,5-7,14H2,1H3,(H,15,17). The van der Waals surface area contributed by atoms with E-state index in [1.807, 2.05) is 25.1 Å². The molecule has 2 rings (SSSR count). The lowest BCUT2D eigenvalue weighted by molar-refractivity contribution is -0.122. The first kappa shape index (κ1) is 12.4. The van der Waals surface area contributed by atoms with Gasteiger partial charge in [-0.25, -0.2) is 0 Å². The predicted octanol–water partition coefficient (Wildman–Crippen LogP) is 1.23. The Morgan fingerprint density at radius 1 is 1.59 bits per heavy atom. The highest BCUT2D eigenvalue weighted by Crippen LogP contribution is 2.29. The molecular weight excluding hydrogens is 282 g/mol. The average Bonchev–Trinajstić information content (AvgIpc) is 2.32. The number of anilines is 1. The molecule has 0 aliphatic carbocycles. The van der Waals surface area contributed by atoms with Gasteiger partial charge in [0, 0.05) is 35.4 Å². The van der Waals surface area contributed by atoms with E-state index in [-0.39, 0.29) is 11.9 Å². The van der Waals surface area contributed by atoms with Gasteiger partial charge in [-0.2, -0.15) is 0 Å². The molecule has 3 N–H and O–H groups in total. The topological polar surface area (TPSA) is 58.4 Å². The maximum absolute atomic E-state index is 11.7. The third kappa shape index (κ3) is 2.30. The van der Waals surface area contributed by atoms with Crippen molar-refractivity contribution in [2.24, 2.45) is 5.73 Å². The molecule has 1 aromatic rings. The number of benzene rings is 1. The van der Waals surface area contributed by atoms with Gasteiger partial charge in [0.05, 0.1) is 0 Å². The molecule has 5 heteroatoms. The molecule has 1 aromatic carbocycles. The molecule has 1 fully saturated rings. The van der Waals surface area contributed by atoms with Crippen LogP contribution in [0.25, 0.3) is 0 Å². The molecule has 4 nitrogen and oxygen atoms in total. The average molecular weight is 298 g/mol. The molecule has 1 aliphatic rings. The van der Waals surface area contributed by atoms with Crippen molar-refractivity contribution in [1.29, 1.82) is 0 Å². The highest BCUT2D eigenvalue weighted by atomic mass is 79.9. The molecule has 0 radical (unpaired) electrons. The van der Waals surface area contributed by atoms with Gasteiger partial charge in [0.15, 0.2) is 0 Å². The molecule has 0 bridgehead atoms. The summed E-state index contributed by atoms with van der Waals surface area (Å²) < 4.78 is 0.996. The third-order valence-electron chi connectivity index (χ3n) is 3.11. The van der Waals surface area contributed by atoms with Gasteiger partial charge < -0.3 is 16.0 Å². The molecule has 1 aliphatic heterocycles. The molecule has 0 saturated carbocycles. The minimum atomic E-state index is -0.150. The second-order valence-electron chi connectivity index (χ2n) is 4.10. The van der Waals surface area contributed by atoms with Crippen LogP contribution in [0.15, 0.2) is 22.7 Å². The molecule has 1 unspecified atom stereocenters. The van der Waals surface area contributed by atoms with Crippen LogP contribution in [0, 0.1) is 0 Å². The van der Waals surface area contributed by atoms with Crippen LogP contribution in [0.5, 0.6) is 0 Å². The van der Waals surface area contributed by atoms with E-state index in [4.69, 9.17) is 5.73 Å². The van der Waals surface area contributed by atoms with Crippen molar-refractivity contribution in [2.45, 2.75) is 19.5 Å². The number of halogens is 1. The lowest BCUT2D eigenvalue weighted by Gasteiger charge is -2.36. The number of nitrogens with one attached hydrogen (secondary N) is 1. The van der Waals surface area contributed by atoms with Crippen LogP contribution < -0.4 is 16.0 Å². The fourth-order valence-corrected chi connectivity index (χ4v) is 2.65. The zero-order valence-electron chi connectivity index (χ0n) is 9.74. The first-order valence-corrected chi connectivity index (χ1v) is 6.46. The van der Waals surface area contributed by atoms with Crippen molar-refractivity contribution >= 4 is 27.5 Å². The number of piperazine rings is 1. The van der Waals surface area contributed by atoms with Gasteiger partial charge in [0.1, 0.15) is 6.04 Å².